The number of hydrogen-bond acceptors (Lipinski definition) is 4. The SMILES string of the molecule is COc1cc(OC)cc(-c2cc3ccccc3c(=O)n2CCCO)c1. The van der Waals surface area contributed by atoms with Gasteiger partial charge in [-0.15, -0.1) is 0 Å². The lowest BCUT2D eigenvalue weighted by molar-refractivity contribution is 0.279. The van der Waals surface area contributed by atoms with Gasteiger partial charge in [-0.1, -0.05) is 18.2 Å². The molecule has 1 N–H and O–H groups in total. The number of fused-ring (bicyclic) bond motifs is 1. The number of methoxy groups -OCH3 is 2. The number of hydrogen-bond donors (Lipinski definition) is 1. The van der Waals surface area contributed by atoms with Crippen LogP contribution in [0, 0.1) is 0 Å². The monoisotopic (exact) mass is 339 g/mol. The summed E-state index contributed by atoms with van der Waals surface area (Å²) in [6, 6.07) is 15.0. The highest BCUT2D eigenvalue weighted by atomic mass is 16.5. The second kappa shape index (κ2) is 7.40. The molecule has 1 aromatic heterocycles. The zero-order valence-electron chi connectivity index (χ0n) is 14.4. The lowest BCUT2D eigenvalue weighted by atomic mass is 10.1. The molecule has 0 atom stereocenters. The van der Waals surface area contributed by atoms with E-state index in [-0.39, 0.29) is 12.2 Å². The van der Waals surface area contributed by atoms with Crippen molar-refractivity contribution >= 4 is 10.8 Å². The maximum absolute atomic E-state index is 13.0. The molecule has 0 unspecified atom stereocenters. The van der Waals surface area contributed by atoms with Crippen LogP contribution in [0.5, 0.6) is 11.5 Å². The van der Waals surface area contributed by atoms with E-state index in [1.165, 1.54) is 0 Å². The van der Waals surface area contributed by atoms with E-state index in [4.69, 9.17) is 9.47 Å². The van der Waals surface area contributed by atoms with Gasteiger partial charge in [-0.05, 0) is 36.1 Å². The van der Waals surface area contributed by atoms with Crippen molar-refractivity contribution in [2.75, 3.05) is 20.8 Å². The van der Waals surface area contributed by atoms with E-state index in [1.807, 2.05) is 42.5 Å². The summed E-state index contributed by atoms with van der Waals surface area (Å²) < 4.78 is 12.4. The number of ether oxygens (including phenoxy) is 2. The first-order valence-electron chi connectivity index (χ1n) is 8.15. The predicted octanol–water partition coefficient (Wildman–Crippen LogP) is 3.07. The van der Waals surface area contributed by atoms with Crippen LogP contribution in [0.25, 0.3) is 22.0 Å². The van der Waals surface area contributed by atoms with Crippen LogP contribution in [0.1, 0.15) is 6.42 Å². The van der Waals surface area contributed by atoms with E-state index < -0.39 is 0 Å². The molecule has 5 nitrogen and oxygen atoms in total. The van der Waals surface area contributed by atoms with Gasteiger partial charge in [-0.3, -0.25) is 4.79 Å². The molecule has 0 spiro atoms. The van der Waals surface area contributed by atoms with Crippen LogP contribution in [-0.4, -0.2) is 30.5 Å². The van der Waals surface area contributed by atoms with E-state index in [2.05, 4.69) is 0 Å². The second-order valence-electron chi connectivity index (χ2n) is 5.75. The molecule has 0 saturated heterocycles. The molecule has 3 rings (SSSR count). The summed E-state index contributed by atoms with van der Waals surface area (Å²) in [7, 11) is 3.19. The van der Waals surface area contributed by atoms with Crippen molar-refractivity contribution in [3.05, 3.63) is 58.9 Å². The summed E-state index contributed by atoms with van der Waals surface area (Å²) in [4.78, 5) is 13.0. The molecule has 5 heteroatoms. The van der Waals surface area contributed by atoms with Crippen LogP contribution in [0.15, 0.2) is 53.3 Å². The maximum atomic E-state index is 13.0. The molecule has 25 heavy (non-hydrogen) atoms. The summed E-state index contributed by atoms with van der Waals surface area (Å²) in [5.74, 6) is 1.31. The molecule has 0 aliphatic rings. The van der Waals surface area contributed by atoms with Gasteiger partial charge < -0.3 is 19.1 Å². The highest BCUT2D eigenvalue weighted by molar-refractivity contribution is 5.85. The normalized spacial score (nSPS) is 10.8. The van der Waals surface area contributed by atoms with E-state index in [0.717, 1.165) is 16.6 Å². The highest BCUT2D eigenvalue weighted by Gasteiger charge is 2.13. The minimum Gasteiger partial charge on any atom is -0.497 e. The van der Waals surface area contributed by atoms with Gasteiger partial charge in [0.2, 0.25) is 0 Å². The van der Waals surface area contributed by atoms with Crippen LogP contribution < -0.4 is 15.0 Å². The fraction of sp³-hybridized carbons (Fsp3) is 0.250. The Hall–Kier alpha value is -2.79. The van der Waals surface area contributed by atoms with Gasteiger partial charge in [-0.25, -0.2) is 0 Å². The number of benzene rings is 2. The number of nitrogens with zero attached hydrogens (tertiary/aromatic N) is 1. The first-order chi connectivity index (χ1) is 12.2. The van der Waals surface area contributed by atoms with Crippen molar-refractivity contribution in [3.63, 3.8) is 0 Å². The molecule has 130 valence electrons. The Labute approximate surface area is 146 Å². The smallest absolute Gasteiger partial charge is 0.258 e. The molecule has 2 aromatic carbocycles. The largest absolute Gasteiger partial charge is 0.497 e. The lowest BCUT2D eigenvalue weighted by Crippen LogP contribution is -2.22. The van der Waals surface area contributed by atoms with Crippen LogP contribution in [0.2, 0.25) is 0 Å². The second-order valence-corrected chi connectivity index (χ2v) is 5.75. The van der Waals surface area contributed by atoms with Crippen LogP contribution in [0.3, 0.4) is 0 Å². The third-order valence-corrected chi connectivity index (χ3v) is 4.21. The molecule has 0 fully saturated rings. The summed E-state index contributed by atoms with van der Waals surface area (Å²) in [6.07, 6.45) is 0.506. The van der Waals surface area contributed by atoms with Crippen molar-refractivity contribution in [2.24, 2.45) is 0 Å². The number of aliphatic hydroxyl groups is 1. The zero-order chi connectivity index (χ0) is 17.8. The average molecular weight is 339 g/mol. The van der Waals surface area contributed by atoms with Gasteiger partial charge in [0.25, 0.3) is 5.56 Å². The maximum Gasteiger partial charge on any atom is 0.258 e. The molecule has 0 aliphatic heterocycles. The Bertz CT molecular complexity index is 924. The molecule has 0 bridgehead atoms. The zero-order valence-corrected chi connectivity index (χ0v) is 14.4. The third-order valence-electron chi connectivity index (χ3n) is 4.21. The average Bonchev–Trinajstić information content (AvgIpc) is 2.66. The van der Waals surface area contributed by atoms with Crippen LogP contribution >= 0.6 is 0 Å². The highest BCUT2D eigenvalue weighted by Crippen LogP contribution is 2.30. The topological polar surface area (TPSA) is 60.7 Å². The molecule has 0 saturated carbocycles. The molecular formula is C20H21NO4. The molecule has 0 amide bonds. The Morgan fingerprint density at radius 1 is 1.00 bits per heavy atom. The number of pyridine rings is 1. The third kappa shape index (κ3) is 3.37. The Morgan fingerprint density at radius 2 is 1.68 bits per heavy atom. The minimum absolute atomic E-state index is 0.0279. The Kier molecular flexibility index (Phi) is 5.05. The van der Waals surface area contributed by atoms with Crippen molar-refractivity contribution in [1.82, 2.24) is 4.57 Å². The Morgan fingerprint density at radius 3 is 2.32 bits per heavy atom. The van der Waals surface area contributed by atoms with Crippen molar-refractivity contribution in [2.45, 2.75) is 13.0 Å². The van der Waals surface area contributed by atoms with E-state index in [0.29, 0.717) is 29.9 Å². The standard InChI is InChI=1S/C20H21NO4/c1-24-16-10-15(11-17(13-16)25-2)19-12-14-6-3-4-7-18(14)20(23)21(19)8-5-9-22/h3-4,6-7,10-13,22H,5,8-9H2,1-2H3. The van der Waals surface area contributed by atoms with Crippen LogP contribution in [0.4, 0.5) is 0 Å². The van der Waals surface area contributed by atoms with Gasteiger partial charge in [0.15, 0.2) is 0 Å². The Balaban J connectivity index is 2.28. The quantitative estimate of drug-likeness (QED) is 0.750. The predicted molar refractivity (Wildman–Crippen MR) is 98.5 cm³/mol. The van der Waals surface area contributed by atoms with Crippen molar-refractivity contribution in [3.8, 4) is 22.8 Å². The first-order valence-corrected chi connectivity index (χ1v) is 8.15. The first kappa shape index (κ1) is 17.0. The molecule has 0 aliphatic carbocycles. The van der Waals surface area contributed by atoms with Gasteiger partial charge in [-0.2, -0.15) is 0 Å². The van der Waals surface area contributed by atoms with E-state index >= 15 is 0 Å². The number of aliphatic hydroxyl groups excluding tert-OH is 1. The molecule has 0 radical (unpaired) electrons. The fourth-order valence-electron chi connectivity index (χ4n) is 2.94. The summed E-state index contributed by atoms with van der Waals surface area (Å²) in [5, 5.41) is 10.7. The van der Waals surface area contributed by atoms with Gasteiger partial charge in [0, 0.05) is 30.2 Å². The molecule has 3 aromatic rings. The summed E-state index contributed by atoms with van der Waals surface area (Å²) >= 11 is 0. The number of aromatic nitrogens is 1. The van der Waals surface area contributed by atoms with Crippen LogP contribution in [-0.2, 0) is 6.54 Å². The fourth-order valence-corrected chi connectivity index (χ4v) is 2.94. The molecular weight excluding hydrogens is 318 g/mol. The van der Waals surface area contributed by atoms with Gasteiger partial charge in [0.05, 0.1) is 19.9 Å². The van der Waals surface area contributed by atoms with E-state index in [1.54, 1.807) is 24.9 Å². The molecule has 1 heterocycles. The van der Waals surface area contributed by atoms with Crippen molar-refractivity contribution in [1.29, 1.82) is 0 Å². The summed E-state index contributed by atoms with van der Waals surface area (Å²) in [6.45, 7) is 0.467. The van der Waals surface area contributed by atoms with Gasteiger partial charge in [0.1, 0.15) is 11.5 Å². The lowest BCUT2D eigenvalue weighted by Gasteiger charge is -2.16. The van der Waals surface area contributed by atoms with Crippen molar-refractivity contribution < 1.29 is 14.6 Å². The number of rotatable bonds is 6. The van der Waals surface area contributed by atoms with Gasteiger partial charge >= 0.3 is 0 Å². The van der Waals surface area contributed by atoms with E-state index in [9.17, 15) is 9.90 Å². The minimum atomic E-state index is -0.0664. The summed E-state index contributed by atoms with van der Waals surface area (Å²) in [5.41, 5.74) is 1.54.